The molecule has 0 aliphatic carbocycles. The number of nitrogens with zero attached hydrogens (tertiary/aromatic N) is 4. The molecule has 4 aromatic heterocycles. The molecule has 0 fully saturated rings. The number of para-hydroxylation sites is 4. The van der Waals surface area contributed by atoms with E-state index in [2.05, 4.69) is 334 Å². The van der Waals surface area contributed by atoms with E-state index in [9.17, 15) is 0 Å². The lowest BCUT2D eigenvalue weighted by Crippen LogP contribution is -2.51. The predicted molar refractivity (Wildman–Crippen MR) is 359 cm³/mol. The summed E-state index contributed by atoms with van der Waals surface area (Å²) in [6.07, 6.45) is 0. The standard InChI is InChI=1S/C78H52B2N4/c1-5-24-53(25-6-1)79(54-26-7-2-8-27-54)57-32-21-34-59(50-57)81-71-42-17-13-38-63(71)67-46-48-69-65-40-15-19-44-73(65)83(77(69)75(67)81)61-36-23-37-62(52-61)84-74-45-20-16-41-66(74)70-49-47-68-64-39-14-18-43-72(64)82(76(68)78(70)84)60-35-22-33-58(51-60)80(55-28-9-3-10-29-55)56-30-11-4-12-31-56/h1-52H. The van der Waals surface area contributed by atoms with E-state index in [0.29, 0.717) is 0 Å². The second kappa shape index (κ2) is 19.4. The topological polar surface area (TPSA) is 19.7 Å². The van der Waals surface area contributed by atoms with Gasteiger partial charge in [-0.2, -0.15) is 0 Å². The Labute approximate surface area is 487 Å². The largest absolute Gasteiger partial charge is 0.307 e. The summed E-state index contributed by atoms with van der Waals surface area (Å²) in [6, 6.07) is 117. The third-order valence-electron chi connectivity index (χ3n) is 17.7. The maximum atomic E-state index is 2.54. The highest BCUT2D eigenvalue weighted by Crippen LogP contribution is 2.44. The molecule has 0 aliphatic heterocycles. The summed E-state index contributed by atoms with van der Waals surface area (Å²) < 4.78 is 10.1. The monoisotopic (exact) mass is 1070 g/mol. The maximum absolute atomic E-state index is 2.54. The average molecular weight is 1070 g/mol. The van der Waals surface area contributed by atoms with E-state index in [-0.39, 0.29) is 13.4 Å². The van der Waals surface area contributed by atoms with Crippen LogP contribution in [0.3, 0.4) is 0 Å². The van der Waals surface area contributed by atoms with Crippen molar-refractivity contribution >= 4 is 133 Å². The Morgan fingerprint density at radius 2 is 0.393 bits per heavy atom. The Morgan fingerprint density at radius 3 is 0.679 bits per heavy atom. The molecule has 0 aliphatic rings. The molecule has 84 heavy (non-hydrogen) atoms. The molecular formula is C78H52B2N4. The summed E-state index contributed by atoms with van der Waals surface area (Å²) in [7, 11) is 0. The molecule has 0 bridgehead atoms. The minimum atomic E-state index is 0.0507. The van der Waals surface area contributed by atoms with Crippen LogP contribution in [0.5, 0.6) is 0 Å². The molecule has 4 nitrogen and oxygen atoms in total. The minimum Gasteiger partial charge on any atom is -0.307 e. The van der Waals surface area contributed by atoms with Crippen molar-refractivity contribution in [3.8, 4) is 22.7 Å². The van der Waals surface area contributed by atoms with Crippen molar-refractivity contribution in [1.29, 1.82) is 0 Å². The van der Waals surface area contributed by atoms with E-state index in [1.807, 2.05) is 0 Å². The highest BCUT2D eigenvalue weighted by atomic mass is 15.1. The number of benzene rings is 13. The fourth-order valence-electron chi connectivity index (χ4n) is 14.3. The van der Waals surface area contributed by atoms with Gasteiger partial charge >= 0.3 is 0 Å². The highest BCUT2D eigenvalue weighted by molar-refractivity contribution is 6.96. The van der Waals surface area contributed by atoms with Crippen LogP contribution in [0.25, 0.3) is 110 Å². The van der Waals surface area contributed by atoms with Gasteiger partial charge in [0.05, 0.1) is 44.1 Å². The summed E-state index contributed by atoms with van der Waals surface area (Å²) in [6.45, 7) is 0.101. The van der Waals surface area contributed by atoms with Crippen molar-refractivity contribution < 1.29 is 0 Å². The van der Waals surface area contributed by atoms with Gasteiger partial charge in [0, 0.05) is 65.8 Å². The molecule has 0 radical (unpaired) electrons. The number of rotatable bonds is 10. The zero-order chi connectivity index (χ0) is 55.2. The van der Waals surface area contributed by atoms with Crippen LogP contribution in [0.15, 0.2) is 315 Å². The normalized spacial score (nSPS) is 11.8. The van der Waals surface area contributed by atoms with Gasteiger partial charge in [0.2, 0.25) is 13.4 Å². The molecule has 390 valence electrons. The van der Waals surface area contributed by atoms with Gasteiger partial charge in [0.25, 0.3) is 0 Å². The summed E-state index contributed by atoms with van der Waals surface area (Å²) in [4.78, 5) is 0. The molecule has 0 saturated carbocycles. The van der Waals surface area contributed by atoms with Crippen molar-refractivity contribution in [2.24, 2.45) is 0 Å². The third kappa shape index (κ3) is 7.44. The van der Waals surface area contributed by atoms with Crippen LogP contribution in [0.4, 0.5) is 0 Å². The number of hydrogen-bond acceptors (Lipinski definition) is 0. The first-order valence-electron chi connectivity index (χ1n) is 29.2. The Hall–Kier alpha value is -10.8. The minimum absolute atomic E-state index is 0.0507. The molecule has 0 spiro atoms. The maximum Gasteiger partial charge on any atom is 0.241 e. The second-order valence-corrected chi connectivity index (χ2v) is 22.3. The van der Waals surface area contributed by atoms with Gasteiger partial charge in [-0.25, -0.2) is 0 Å². The van der Waals surface area contributed by atoms with Crippen LogP contribution in [0.1, 0.15) is 0 Å². The Balaban J connectivity index is 0.914. The molecule has 0 saturated heterocycles. The molecule has 0 atom stereocenters. The molecule has 13 aromatic carbocycles. The Kier molecular flexibility index (Phi) is 11.1. The molecular weight excluding hydrogens is 1010 g/mol. The van der Waals surface area contributed by atoms with Crippen molar-refractivity contribution in [2.45, 2.75) is 0 Å². The molecule has 0 N–H and O–H groups in total. The number of aromatic nitrogens is 4. The number of fused-ring (bicyclic) bond motifs is 14. The van der Waals surface area contributed by atoms with Gasteiger partial charge in [-0.15, -0.1) is 0 Å². The van der Waals surface area contributed by atoms with E-state index >= 15 is 0 Å². The lowest BCUT2D eigenvalue weighted by atomic mass is 9.37. The van der Waals surface area contributed by atoms with Crippen LogP contribution < -0.4 is 32.8 Å². The average Bonchev–Trinajstić information content (AvgIpc) is 1.67. The summed E-state index contributed by atoms with van der Waals surface area (Å²) in [5.41, 5.74) is 21.3. The zero-order valence-corrected chi connectivity index (χ0v) is 46.0. The first-order chi connectivity index (χ1) is 41.7. The summed E-state index contributed by atoms with van der Waals surface area (Å²) >= 11 is 0. The van der Waals surface area contributed by atoms with E-state index in [1.54, 1.807) is 0 Å². The second-order valence-electron chi connectivity index (χ2n) is 22.3. The molecule has 0 amide bonds. The molecule has 17 aromatic rings. The van der Waals surface area contributed by atoms with Gasteiger partial charge in [0.15, 0.2) is 0 Å². The van der Waals surface area contributed by atoms with Crippen molar-refractivity contribution in [3.05, 3.63) is 315 Å². The smallest absolute Gasteiger partial charge is 0.241 e. The lowest BCUT2D eigenvalue weighted by molar-refractivity contribution is 1.12. The fourth-order valence-corrected chi connectivity index (χ4v) is 14.3. The van der Waals surface area contributed by atoms with E-state index in [4.69, 9.17) is 0 Å². The molecule has 17 rings (SSSR count). The van der Waals surface area contributed by atoms with Crippen molar-refractivity contribution in [2.75, 3.05) is 0 Å². The van der Waals surface area contributed by atoms with E-state index < -0.39 is 0 Å². The quantitative estimate of drug-likeness (QED) is 0.122. The summed E-state index contributed by atoms with van der Waals surface area (Å²) in [5.74, 6) is 0. The third-order valence-corrected chi connectivity index (χ3v) is 17.7. The first-order valence-corrected chi connectivity index (χ1v) is 29.2. The summed E-state index contributed by atoms with van der Waals surface area (Å²) in [5, 5.41) is 9.72. The van der Waals surface area contributed by atoms with E-state index in [0.717, 1.165) is 33.8 Å². The predicted octanol–water partition coefficient (Wildman–Crippen LogP) is 15.1. The Bertz CT molecular complexity index is 4970. The van der Waals surface area contributed by atoms with Crippen molar-refractivity contribution in [3.63, 3.8) is 0 Å². The van der Waals surface area contributed by atoms with Gasteiger partial charge < -0.3 is 18.3 Å². The van der Waals surface area contributed by atoms with Crippen LogP contribution in [-0.4, -0.2) is 31.7 Å². The van der Waals surface area contributed by atoms with Crippen LogP contribution in [0.2, 0.25) is 0 Å². The van der Waals surface area contributed by atoms with E-state index in [1.165, 1.54) is 109 Å². The first kappa shape index (κ1) is 47.9. The van der Waals surface area contributed by atoms with Crippen LogP contribution in [-0.2, 0) is 0 Å². The fraction of sp³-hybridized carbons (Fsp3) is 0. The SMILES string of the molecule is c1ccc(B(c2ccccc2)c2cccc(-n3c4ccccc4c4ccc5c6ccccc6n(-c6cccc(-n7c8ccccc8c8ccc9c%10ccccc%10n(-c%10cccc(B(c%11ccccc%11)c%11ccccc%11)c%10)c9c87)c6)c5c43)c2)cc1. The van der Waals surface area contributed by atoms with Gasteiger partial charge in [-0.3, -0.25) is 0 Å². The van der Waals surface area contributed by atoms with Gasteiger partial charge in [-0.05, 0) is 66.7 Å². The number of hydrogen-bond donors (Lipinski definition) is 0. The van der Waals surface area contributed by atoms with Gasteiger partial charge in [-0.1, -0.05) is 281 Å². The van der Waals surface area contributed by atoms with Crippen LogP contribution in [0, 0.1) is 0 Å². The highest BCUT2D eigenvalue weighted by Gasteiger charge is 2.28. The molecule has 0 unspecified atom stereocenters. The van der Waals surface area contributed by atoms with Crippen LogP contribution >= 0.6 is 0 Å². The zero-order valence-electron chi connectivity index (χ0n) is 46.0. The lowest BCUT2D eigenvalue weighted by Gasteiger charge is -2.18. The van der Waals surface area contributed by atoms with Gasteiger partial charge in [0.1, 0.15) is 0 Å². The van der Waals surface area contributed by atoms with Crippen molar-refractivity contribution in [1.82, 2.24) is 18.3 Å². The Morgan fingerprint density at radius 1 is 0.167 bits per heavy atom. The molecule has 6 heteroatoms. The molecule has 4 heterocycles.